The van der Waals surface area contributed by atoms with Gasteiger partial charge in [-0.3, -0.25) is 0 Å². The highest BCUT2D eigenvalue weighted by atomic mass is 15.0. The second kappa shape index (κ2) is 12.3. The third-order valence-electron chi connectivity index (χ3n) is 13.5. The first-order chi connectivity index (χ1) is 28.0. The van der Waals surface area contributed by atoms with Gasteiger partial charge in [0, 0.05) is 38.3 Å². The summed E-state index contributed by atoms with van der Waals surface area (Å²) >= 11 is 0. The Hall–Kier alpha value is -6.39. The number of nitrogens with zero attached hydrogens (tertiary/aromatic N) is 4. The Bertz CT molecular complexity index is 3150. The van der Waals surface area contributed by atoms with E-state index in [4.69, 9.17) is 15.0 Å². The van der Waals surface area contributed by atoms with Crippen LogP contribution in [0.3, 0.4) is 0 Å². The van der Waals surface area contributed by atoms with Crippen molar-refractivity contribution in [2.45, 2.75) is 70.6 Å². The van der Waals surface area contributed by atoms with Gasteiger partial charge in [-0.05, 0) is 92.8 Å². The number of hydrogen-bond acceptors (Lipinski definition) is 3. The molecule has 0 fully saturated rings. The summed E-state index contributed by atoms with van der Waals surface area (Å²) in [5.74, 6) is 2.00. The normalized spacial score (nSPS) is 16.0. The lowest BCUT2D eigenvalue weighted by atomic mass is 9.63. The van der Waals surface area contributed by atoms with Gasteiger partial charge in [-0.15, -0.1) is 0 Å². The molecule has 0 bridgehead atoms. The van der Waals surface area contributed by atoms with Gasteiger partial charge < -0.3 is 4.57 Å². The molecular formula is C54H46N4. The van der Waals surface area contributed by atoms with Crippen LogP contribution in [0.15, 0.2) is 146 Å². The molecule has 4 heteroatoms. The topological polar surface area (TPSA) is 43.6 Å². The van der Waals surface area contributed by atoms with Gasteiger partial charge in [-0.25, -0.2) is 15.0 Å². The number of rotatable bonds is 4. The first kappa shape index (κ1) is 34.8. The monoisotopic (exact) mass is 750 g/mol. The summed E-state index contributed by atoms with van der Waals surface area (Å²) in [6, 6.07) is 52.9. The summed E-state index contributed by atoms with van der Waals surface area (Å²) in [5.41, 5.74) is 14.7. The number of aromatic nitrogens is 4. The van der Waals surface area contributed by atoms with Crippen LogP contribution < -0.4 is 0 Å². The molecule has 2 aliphatic rings. The van der Waals surface area contributed by atoms with Crippen LogP contribution in [-0.4, -0.2) is 19.5 Å². The predicted molar refractivity (Wildman–Crippen MR) is 241 cm³/mol. The Labute approximate surface area is 340 Å². The maximum absolute atomic E-state index is 5.39. The molecule has 0 radical (unpaired) electrons. The van der Waals surface area contributed by atoms with Crippen LogP contribution in [0.5, 0.6) is 0 Å². The SMILES string of the molecule is CC1(C)CCC(C)(C)c2cc3c(cc21)c1ccccc1n3-c1ccc(-c2nc(-c3ccccc3)nc(-c3cccc4c3-c3ccccc3C4(C)C)n2)c2ccccc12. The van der Waals surface area contributed by atoms with E-state index in [2.05, 4.69) is 174 Å². The van der Waals surface area contributed by atoms with Crippen molar-refractivity contribution < 1.29 is 0 Å². The summed E-state index contributed by atoms with van der Waals surface area (Å²) in [6.07, 6.45) is 2.36. The summed E-state index contributed by atoms with van der Waals surface area (Å²) in [5, 5.41) is 4.84. The van der Waals surface area contributed by atoms with Crippen molar-refractivity contribution in [2.75, 3.05) is 0 Å². The van der Waals surface area contributed by atoms with Gasteiger partial charge in [0.2, 0.25) is 0 Å². The largest absolute Gasteiger partial charge is 0.309 e. The molecule has 7 aromatic carbocycles. The first-order valence-electron chi connectivity index (χ1n) is 20.7. The molecule has 2 aromatic heterocycles. The molecule has 0 saturated heterocycles. The molecule has 2 aliphatic carbocycles. The lowest BCUT2D eigenvalue weighted by Gasteiger charge is -2.42. The Balaban J connectivity index is 1.16. The van der Waals surface area contributed by atoms with E-state index in [-0.39, 0.29) is 16.2 Å². The molecule has 0 amide bonds. The van der Waals surface area contributed by atoms with E-state index >= 15 is 0 Å². The van der Waals surface area contributed by atoms with Crippen LogP contribution in [0.1, 0.15) is 76.6 Å². The highest BCUT2D eigenvalue weighted by Crippen LogP contribution is 2.52. The number of hydrogen-bond donors (Lipinski definition) is 0. The minimum Gasteiger partial charge on any atom is -0.309 e. The number of para-hydroxylation sites is 1. The molecule has 0 saturated carbocycles. The Morgan fingerprint density at radius 2 is 1.00 bits per heavy atom. The molecular weight excluding hydrogens is 705 g/mol. The summed E-state index contributed by atoms with van der Waals surface area (Å²) in [4.78, 5) is 15.9. The van der Waals surface area contributed by atoms with E-state index in [0.717, 1.165) is 33.2 Å². The molecule has 0 unspecified atom stereocenters. The van der Waals surface area contributed by atoms with E-state index < -0.39 is 0 Å². The fourth-order valence-electron chi connectivity index (χ4n) is 10.2. The number of benzene rings is 7. The fraction of sp³-hybridized carbons (Fsp3) is 0.204. The lowest BCUT2D eigenvalue weighted by Crippen LogP contribution is -2.33. The molecule has 0 aliphatic heterocycles. The predicted octanol–water partition coefficient (Wildman–Crippen LogP) is 13.8. The van der Waals surface area contributed by atoms with Crippen molar-refractivity contribution in [3.05, 3.63) is 168 Å². The highest BCUT2D eigenvalue weighted by Gasteiger charge is 2.39. The quantitative estimate of drug-likeness (QED) is 0.180. The molecule has 11 rings (SSSR count). The summed E-state index contributed by atoms with van der Waals surface area (Å²) in [7, 11) is 0. The van der Waals surface area contributed by atoms with Crippen molar-refractivity contribution in [2.24, 2.45) is 0 Å². The van der Waals surface area contributed by atoms with Crippen LogP contribution in [0.2, 0.25) is 0 Å². The van der Waals surface area contributed by atoms with Gasteiger partial charge in [0.25, 0.3) is 0 Å². The van der Waals surface area contributed by atoms with E-state index in [1.807, 2.05) is 18.2 Å². The van der Waals surface area contributed by atoms with Gasteiger partial charge in [0.1, 0.15) is 0 Å². The van der Waals surface area contributed by atoms with Crippen molar-refractivity contribution in [3.63, 3.8) is 0 Å². The standard InChI is InChI=1S/C54H46N4/c1-52(2)29-30-53(3,4)44-32-47-40(31-43(44)52)36-21-13-15-26-45(36)58(47)46-28-27-37(34-19-10-11-20-35(34)46)50-55-49(33-17-8-7-9-18-33)56-51(57-50)39-23-16-25-42-48(39)38-22-12-14-24-41(38)54(42,5)6/h7-28,31-32H,29-30H2,1-6H3. The van der Waals surface area contributed by atoms with Crippen LogP contribution in [-0.2, 0) is 16.2 Å². The third-order valence-corrected chi connectivity index (χ3v) is 13.5. The zero-order valence-electron chi connectivity index (χ0n) is 34.1. The van der Waals surface area contributed by atoms with E-state index in [1.54, 1.807) is 0 Å². The number of fused-ring (bicyclic) bond motifs is 8. The van der Waals surface area contributed by atoms with Crippen molar-refractivity contribution in [1.29, 1.82) is 0 Å². The Morgan fingerprint density at radius 1 is 0.414 bits per heavy atom. The minimum atomic E-state index is -0.135. The maximum Gasteiger partial charge on any atom is 0.164 e. The fourth-order valence-corrected chi connectivity index (χ4v) is 10.2. The van der Waals surface area contributed by atoms with E-state index in [1.165, 1.54) is 68.0 Å². The summed E-state index contributed by atoms with van der Waals surface area (Å²) in [6.45, 7) is 14.3. The second-order valence-corrected chi connectivity index (χ2v) is 18.3. The first-order valence-corrected chi connectivity index (χ1v) is 20.7. The van der Waals surface area contributed by atoms with Gasteiger partial charge in [-0.1, -0.05) is 157 Å². The highest BCUT2D eigenvalue weighted by molar-refractivity contribution is 6.12. The van der Waals surface area contributed by atoms with Gasteiger partial charge in [0.15, 0.2) is 17.5 Å². The van der Waals surface area contributed by atoms with Crippen LogP contribution in [0.4, 0.5) is 0 Å². The second-order valence-electron chi connectivity index (χ2n) is 18.3. The minimum absolute atomic E-state index is 0.0931. The molecule has 2 heterocycles. The van der Waals surface area contributed by atoms with Gasteiger partial charge in [-0.2, -0.15) is 0 Å². The van der Waals surface area contributed by atoms with Crippen molar-refractivity contribution >= 4 is 32.6 Å². The van der Waals surface area contributed by atoms with Crippen LogP contribution in [0, 0.1) is 0 Å². The average Bonchev–Trinajstić information content (AvgIpc) is 3.69. The zero-order valence-corrected chi connectivity index (χ0v) is 34.1. The summed E-state index contributed by atoms with van der Waals surface area (Å²) < 4.78 is 2.50. The van der Waals surface area contributed by atoms with Gasteiger partial charge in [0.05, 0.1) is 16.7 Å². The van der Waals surface area contributed by atoms with Crippen molar-refractivity contribution in [3.8, 4) is 51.0 Å². The molecule has 0 spiro atoms. The molecule has 0 atom stereocenters. The molecule has 9 aromatic rings. The van der Waals surface area contributed by atoms with Gasteiger partial charge >= 0.3 is 0 Å². The average molecular weight is 751 g/mol. The third kappa shape index (κ3) is 5.03. The van der Waals surface area contributed by atoms with E-state index in [0.29, 0.717) is 17.5 Å². The lowest BCUT2D eigenvalue weighted by molar-refractivity contribution is 0.332. The van der Waals surface area contributed by atoms with E-state index in [9.17, 15) is 0 Å². The van der Waals surface area contributed by atoms with Crippen LogP contribution in [0.25, 0.3) is 83.6 Å². The Kier molecular flexibility index (Phi) is 7.39. The Morgan fingerprint density at radius 3 is 1.78 bits per heavy atom. The smallest absolute Gasteiger partial charge is 0.164 e. The van der Waals surface area contributed by atoms with Crippen molar-refractivity contribution in [1.82, 2.24) is 19.5 Å². The molecule has 4 nitrogen and oxygen atoms in total. The van der Waals surface area contributed by atoms with Crippen LogP contribution >= 0.6 is 0 Å². The zero-order chi connectivity index (χ0) is 39.6. The molecule has 58 heavy (non-hydrogen) atoms. The maximum atomic E-state index is 5.39. The molecule has 0 N–H and O–H groups in total. The molecule has 282 valence electrons.